The van der Waals surface area contributed by atoms with E-state index in [0.29, 0.717) is 25.1 Å². The lowest BCUT2D eigenvalue weighted by atomic mass is 9.90. The Morgan fingerprint density at radius 3 is 2.61 bits per heavy atom. The van der Waals surface area contributed by atoms with Gasteiger partial charge in [-0.25, -0.2) is 0 Å². The number of aliphatic hydroxyl groups is 2. The Bertz CT molecular complexity index is 877. The van der Waals surface area contributed by atoms with Crippen molar-refractivity contribution in [1.82, 2.24) is 4.90 Å². The summed E-state index contributed by atoms with van der Waals surface area (Å²) in [7, 11) is 1.61. The Morgan fingerprint density at radius 1 is 1.16 bits per heavy atom. The van der Waals surface area contributed by atoms with Gasteiger partial charge in [0.05, 0.1) is 25.4 Å². The van der Waals surface area contributed by atoms with Gasteiger partial charge in [-0.2, -0.15) is 0 Å². The van der Waals surface area contributed by atoms with Gasteiger partial charge in [0.1, 0.15) is 5.75 Å². The molecule has 0 spiro atoms. The molecule has 6 nitrogen and oxygen atoms in total. The highest BCUT2D eigenvalue weighted by Crippen LogP contribution is 2.40. The minimum atomic E-state index is -1.56. The molecule has 7 heteroatoms. The Kier molecular flexibility index (Phi) is 6.86. The van der Waals surface area contributed by atoms with Crippen LogP contribution in [0.4, 0.5) is 4.79 Å². The van der Waals surface area contributed by atoms with Crippen LogP contribution < -0.4 is 4.74 Å². The van der Waals surface area contributed by atoms with Crippen LogP contribution in [0.5, 0.6) is 5.75 Å². The molecule has 31 heavy (non-hydrogen) atoms. The van der Waals surface area contributed by atoms with E-state index >= 15 is 0 Å². The fraction of sp³-hybridized carbons (Fsp3) is 0.458. The molecule has 166 valence electrons. The second-order valence-electron chi connectivity index (χ2n) is 8.27. The number of carbonyl (C=O) groups is 1. The highest BCUT2D eigenvalue weighted by atomic mass is 32.2. The predicted molar refractivity (Wildman–Crippen MR) is 120 cm³/mol. The number of aryl methyl sites for hydroxylation is 1. The van der Waals surface area contributed by atoms with Crippen LogP contribution in [0.1, 0.15) is 30.4 Å². The number of benzene rings is 2. The smallest absolute Gasteiger partial charge is 0.282 e. The van der Waals surface area contributed by atoms with Gasteiger partial charge in [-0.05, 0) is 42.5 Å². The first-order valence-corrected chi connectivity index (χ1v) is 11.6. The molecule has 2 aromatic rings. The summed E-state index contributed by atoms with van der Waals surface area (Å²) in [5, 5.41) is 21.9. The molecule has 2 N–H and O–H groups in total. The molecule has 2 aliphatic rings. The zero-order valence-corrected chi connectivity index (χ0v) is 18.5. The van der Waals surface area contributed by atoms with Gasteiger partial charge in [0, 0.05) is 18.7 Å². The Balaban J connectivity index is 1.46. The van der Waals surface area contributed by atoms with Gasteiger partial charge in [0.2, 0.25) is 0 Å². The highest BCUT2D eigenvalue weighted by molar-refractivity contribution is 8.13. The SMILES string of the molecule is COc1ccc(CN2C(=O)SC[C@H]2[C@@]2(O)C[C@H](O)C[C@@H](CCc3ccccc3)O2)cc1. The standard InChI is InChI=1S/C24H29NO5S/c1-29-20-10-8-18(9-11-20)15-25-22(16-31-23(25)27)24(28)14-19(26)13-21(30-24)12-7-17-5-3-2-4-6-17/h2-6,8-11,19,21-22,26,28H,7,12-16H2,1H3/t19-,21-,22+,24-/m1/s1. The van der Waals surface area contributed by atoms with Crippen LogP contribution in [-0.4, -0.2) is 57.3 Å². The number of carbonyl (C=O) groups excluding carboxylic acids is 1. The molecule has 2 fully saturated rings. The van der Waals surface area contributed by atoms with Crippen LogP contribution in [0.2, 0.25) is 0 Å². The second-order valence-corrected chi connectivity index (χ2v) is 9.24. The summed E-state index contributed by atoms with van der Waals surface area (Å²) in [5.74, 6) is -0.380. The zero-order valence-electron chi connectivity index (χ0n) is 17.6. The maximum atomic E-state index is 12.6. The quantitative estimate of drug-likeness (QED) is 0.681. The maximum Gasteiger partial charge on any atom is 0.282 e. The number of hydrogen-bond acceptors (Lipinski definition) is 6. The van der Waals surface area contributed by atoms with E-state index in [1.165, 1.54) is 17.3 Å². The van der Waals surface area contributed by atoms with Gasteiger partial charge in [-0.15, -0.1) is 0 Å². The first-order valence-electron chi connectivity index (χ1n) is 10.7. The maximum absolute atomic E-state index is 12.6. The normalized spacial score (nSPS) is 28.7. The minimum absolute atomic E-state index is 0.0845. The Hall–Kier alpha value is -2.06. The van der Waals surface area contributed by atoms with Crippen molar-refractivity contribution in [3.63, 3.8) is 0 Å². The molecule has 0 unspecified atom stereocenters. The molecule has 1 amide bonds. The third kappa shape index (κ3) is 5.23. The number of amides is 1. The molecule has 2 heterocycles. The van der Waals surface area contributed by atoms with E-state index in [1.807, 2.05) is 42.5 Å². The number of hydrogen-bond donors (Lipinski definition) is 2. The second kappa shape index (κ2) is 9.61. The van der Waals surface area contributed by atoms with Crippen molar-refractivity contribution in [3.05, 3.63) is 65.7 Å². The number of rotatable bonds is 7. The largest absolute Gasteiger partial charge is 0.497 e. The average Bonchev–Trinajstić information content (AvgIpc) is 3.14. The summed E-state index contributed by atoms with van der Waals surface area (Å²) in [6.07, 6.45) is 1.17. The van der Waals surface area contributed by atoms with E-state index in [4.69, 9.17) is 9.47 Å². The predicted octanol–water partition coefficient (Wildman–Crippen LogP) is 3.59. The van der Waals surface area contributed by atoms with Crippen molar-refractivity contribution in [1.29, 1.82) is 0 Å². The Labute approximate surface area is 187 Å². The van der Waals surface area contributed by atoms with Crippen LogP contribution in [0, 0.1) is 0 Å². The molecular formula is C24H29NO5S. The van der Waals surface area contributed by atoms with Gasteiger partial charge in [0.25, 0.3) is 5.24 Å². The zero-order chi connectivity index (χ0) is 21.8. The Morgan fingerprint density at radius 2 is 1.90 bits per heavy atom. The summed E-state index contributed by atoms with van der Waals surface area (Å²) >= 11 is 1.19. The molecule has 4 atom stereocenters. The van der Waals surface area contributed by atoms with E-state index in [0.717, 1.165) is 17.7 Å². The van der Waals surface area contributed by atoms with Crippen molar-refractivity contribution in [2.45, 2.75) is 56.3 Å². The van der Waals surface area contributed by atoms with Gasteiger partial charge in [-0.3, -0.25) is 4.79 Å². The lowest BCUT2D eigenvalue weighted by Gasteiger charge is -2.45. The molecule has 2 aromatic carbocycles. The number of methoxy groups -OCH3 is 1. The summed E-state index contributed by atoms with van der Waals surface area (Å²) in [4.78, 5) is 14.3. The first kappa shape index (κ1) is 22.1. The van der Waals surface area contributed by atoms with Crippen LogP contribution >= 0.6 is 11.8 Å². The molecule has 2 saturated heterocycles. The molecule has 4 rings (SSSR count). The van der Waals surface area contributed by atoms with Crippen molar-refractivity contribution < 1.29 is 24.5 Å². The topological polar surface area (TPSA) is 79.2 Å². The summed E-state index contributed by atoms with van der Waals surface area (Å²) < 4.78 is 11.4. The highest BCUT2D eigenvalue weighted by Gasteiger charge is 2.51. The third-order valence-corrected chi connectivity index (χ3v) is 7.00. The van der Waals surface area contributed by atoms with E-state index in [1.54, 1.807) is 12.0 Å². The molecule has 0 radical (unpaired) electrons. The lowest BCUT2D eigenvalue weighted by molar-refractivity contribution is -0.292. The van der Waals surface area contributed by atoms with Gasteiger partial charge < -0.3 is 24.6 Å². The minimum Gasteiger partial charge on any atom is -0.497 e. The van der Waals surface area contributed by atoms with Gasteiger partial charge in [0.15, 0.2) is 5.79 Å². The van der Waals surface area contributed by atoms with E-state index < -0.39 is 17.9 Å². The van der Waals surface area contributed by atoms with Crippen LogP contribution in [-0.2, 0) is 17.7 Å². The molecule has 2 aliphatic heterocycles. The van der Waals surface area contributed by atoms with Gasteiger partial charge >= 0.3 is 0 Å². The van der Waals surface area contributed by atoms with Gasteiger partial charge in [-0.1, -0.05) is 54.2 Å². The average molecular weight is 444 g/mol. The summed E-state index contributed by atoms with van der Waals surface area (Å²) in [5.41, 5.74) is 2.14. The summed E-state index contributed by atoms with van der Waals surface area (Å²) in [6, 6.07) is 17.1. The molecule has 0 saturated carbocycles. The number of nitrogens with zero attached hydrogens (tertiary/aromatic N) is 1. The lowest BCUT2D eigenvalue weighted by Crippen LogP contribution is -2.59. The fourth-order valence-corrected chi connectivity index (χ4v) is 5.50. The number of ether oxygens (including phenoxy) is 2. The third-order valence-electron chi connectivity index (χ3n) is 6.04. The molecular weight excluding hydrogens is 414 g/mol. The van der Waals surface area contributed by atoms with Crippen LogP contribution in [0.3, 0.4) is 0 Å². The monoisotopic (exact) mass is 443 g/mol. The van der Waals surface area contributed by atoms with Crippen molar-refractivity contribution in [2.75, 3.05) is 12.9 Å². The number of thioether (sulfide) groups is 1. The van der Waals surface area contributed by atoms with Crippen molar-refractivity contribution in [3.8, 4) is 5.75 Å². The van der Waals surface area contributed by atoms with Crippen LogP contribution in [0.25, 0.3) is 0 Å². The molecule has 0 aliphatic carbocycles. The molecule has 0 aromatic heterocycles. The van der Waals surface area contributed by atoms with E-state index in [2.05, 4.69) is 12.1 Å². The molecule has 0 bridgehead atoms. The first-order chi connectivity index (χ1) is 15.0. The van der Waals surface area contributed by atoms with Crippen molar-refractivity contribution >= 4 is 17.0 Å². The fourth-order valence-electron chi connectivity index (χ4n) is 4.40. The van der Waals surface area contributed by atoms with Crippen LogP contribution in [0.15, 0.2) is 54.6 Å². The van der Waals surface area contributed by atoms with E-state index in [-0.39, 0.29) is 17.8 Å². The summed E-state index contributed by atoms with van der Waals surface area (Å²) in [6.45, 7) is 0.372. The number of aliphatic hydroxyl groups excluding tert-OH is 1. The van der Waals surface area contributed by atoms with E-state index in [9.17, 15) is 15.0 Å². The van der Waals surface area contributed by atoms with Crippen molar-refractivity contribution in [2.24, 2.45) is 0 Å².